The molecule has 1 atom stereocenters. The van der Waals surface area contributed by atoms with Crippen LogP contribution in [0.3, 0.4) is 0 Å². The molecule has 0 fully saturated rings. The van der Waals surface area contributed by atoms with Crippen molar-refractivity contribution in [3.05, 3.63) is 76.2 Å². The molecule has 1 heterocycles. The molecular weight excluding hydrogens is 435 g/mol. The van der Waals surface area contributed by atoms with E-state index in [0.717, 1.165) is 18.2 Å². The smallest absolute Gasteiger partial charge is 0.338 e. The van der Waals surface area contributed by atoms with Crippen LogP contribution in [0.5, 0.6) is 0 Å². The minimum absolute atomic E-state index is 0.0283. The van der Waals surface area contributed by atoms with Crippen molar-refractivity contribution in [3.8, 4) is 0 Å². The predicted octanol–water partition coefficient (Wildman–Crippen LogP) is 3.12. The Bertz CT molecular complexity index is 1120. The van der Waals surface area contributed by atoms with Crippen molar-refractivity contribution in [1.82, 2.24) is 10.6 Å². The highest BCUT2D eigenvalue weighted by Crippen LogP contribution is 2.29. The summed E-state index contributed by atoms with van der Waals surface area (Å²) in [5.41, 5.74) is 0.432. The second kappa shape index (κ2) is 8.85. The number of benzene rings is 2. The van der Waals surface area contributed by atoms with Crippen LogP contribution < -0.4 is 10.6 Å². The summed E-state index contributed by atoms with van der Waals surface area (Å²) in [7, 11) is -4.07. The summed E-state index contributed by atoms with van der Waals surface area (Å²) >= 11 is 5.70. The van der Waals surface area contributed by atoms with Crippen molar-refractivity contribution >= 4 is 33.4 Å². The zero-order chi connectivity index (χ0) is 21.9. The minimum Gasteiger partial charge on any atom is -0.463 e. The first-order valence-corrected chi connectivity index (χ1v) is 11.0. The third-order valence-electron chi connectivity index (χ3n) is 4.37. The van der Waals surface area contributed by atoms with Gasteiger partial charge in [0.15, 0.2) is 9.84 Å². The summed E-state index contributed by atoms with van der Waals surface area (Å²) in [6.07, 6.45) is 0. The van der Waals surface area contributed by atoms with Gasteiger partial charge in [-0.2, -0.15) is 0 Å². The van der Waals surface area contributed by atoms with Gasteiger partial charge in [0.2, 0.25) is 0 Å². The Labute approximate surface area is 177 Å². The van der Waals surface area contributed by atoms with E-state index in [0.29, 0.717) is 5.56 Å². The molecule has 7 nitrogen and oxygen atoms in total. The maximum atomic E-state index is 13.4. The van der Waals surface area contributed by atoms with Crippen molar-refractivity contribution in [1.29, 1.82) is 0 Å². The topological polar surface area (TPSA) is 102 Å². The van der Waals surface area contributed by atoms with Crippen LogP contribution in [0.25, 0.3) is 0 Å². The van der Waals surface area contributed by atoms with Crippen molar-refractivity contribution in [2.75, 3.05) is 12.4 Å². The van der Waals surface area contributed by atoms with Gasteiger partial charge in [-0.25, -0.2) is 22.4 Å². The molecule has 2 N–H and O–H groups in total. The zero-order valence-electron chi connectivity index (χ0n) is 15.8. The molecule has 0 aliphatic carbocycles. The number of nitrogens with one attached hydrogen (secondary N) is 2. The van der Waals surface area contributed by atoms with E-state index in [9.17, 15) is 22.4 Å². The van der Waals surface area contributed by atoms with E-state index < -0.39 is 39.4 Å². The van der Waals surface area contributed by atoms with E-state index in [2.05, 4.69) is 10.6 Å². The largest absolute Gasteiger partial charge is 0.463 e. The number of halogens is 2. The van der Waals surface area contributed by atoms with Gasteiger partial charge in [-0.15, -0.1) is 0 Å². The Morgan fingerprint density at radius 2 is 1.90 bits per heavy atom. The van der Waals surface area contributed by atoms with Crippen molar-refractivity contribution in [2.24, 2.45) is 0 Å². The van der Waals surface area contributed by atoms with E-state index in [1.165, 1.54) is 0 Å². The number of urea groups is 1. The number of hydrogen-bond acceptors (Lipinski definition) is 5. The third-order valence-corrected chi connectivity index (χ3v) is 6.30. The number of hydrogen-bond donors (Lipinski definition) is 2. The van der Waals surface area contributed by atoms with Crippen molar-refractivity contribution in [3.63, 3.8) is 0 Å². The average Bonchev–Trinajstić information content (AvgIpc) is 2.70. The summed E-state index contributed by atoms with van der Waals surface area (Å²) in [5, 5.41) is 4.67. The maximum Gasteiger partial charge on any atom is 0.338 e. The van der Waals surface area contributed by atoms with Crippen LogP contribution in [0, 0.1) is 5.82 Å². The molecule has 30 heavy (non-hydrogen) atoms. The Balaban J connectivity index is 2.09. The lowest BCUT2D eigenvalue weighted by Crippen LogP contribution is -2.47. The maximum absolute atomic E-state index is 13.4. The van der Waals surface area contributed by atoms with Crippen LogP contribution in [0.4, 0.5) is 9.18 Å². The first-order chi connectivity index (χ1) is 14.2. The van der Waals surface area contributed by atoms with Gasteiger partial charge in [0.25, 0.3) is 0 Å². The highest BCUT2D eigenvalue weighted by molar-refractivity contribution is 7.91. The zero-order valence-corrected chi connectivity index (χ0v) is 17.4. The fraction of sp³-hybridized carbons (Fsp3) is 0.200. The standard InChI is InChI=1S/C20H18ClFN2O5S/c1-2-29-19(25)17-16(11-30(27,28)13-8-9-15(22)14(21)10-13)23-20(26)24-18(17)12-6-4-3-5-7-12/h3-10,18H,2,11H2,1H3,(H2,23,24,26)/t18-/m1/s1. The minimum atomic E-state index is -4.07. The lowest BCUT2D eigenvalue weighted by atomic mass is 9.95. The lowest BCUT2D eigenvalue weighted by Gasteiger charge is -2.29. The molecule has 0 aromatic heterocycles. The molecule has 10 heteroatoms. The Kier molecular flexibility index (Phi) is 6.42. The highest BCUT2D eigenvalue weighted by atomic mass is 35.5. The first kappa shape index (κ1) is 21.8. The molecule has 0 bridgehead atoms. The molecule has 1 aliphatic rings. The fourth-order valence-electron chi connectivity index (χ4n) is 3.02. The normalized spacial score (nSPS) is 16.6. The molecule has 2 aromatic carbocycles. The second-order valence-corrected chi connectivity index (χ2v) is 8.79. The molecule has 3 rings (SSSR count). The van der Waals surface area contributed by atoms with E-state index in [4.69, 9.17) is 16.3 Å². The Morgan fingerprint density at radius 1 is 1.20 bits per heavy atom. The average molecular weight is 453 g/mol. The molecule has 158 valence electrons. The van der Waals surface area contributed by atoms with Gasteiger partial charge in [0.05, 0.1) is 33.9 Å². The molecule has 0 unspecified atom stereocenters. The van der Waals surface area contributed by atoms with Gasteiger partial charge >= 0.3 is 12.0 Å². The quantitative estimate of drug-likeness (QED) is 0.518. The van der Waals surface area contributed by atoms with Gasteiger partial charge < -0.3 is 15.4 Å². The van der Waals surface area contributed by atoms with Crippen LogP contribution in [-0.2, 0) is 19.4 Å². The molecule has 0 radical (unpaired) electrons. The van der Waals surface area contributed by atoms with Gasteiger partial charge in [-0.3, -0.25) is 0 Å². The van der Waals surface area contributed by atoms with E-state index in [1.807, 2.05) is 0 Å². The van der Waals surface area contributed by atoms with E-state index in [-0.39, 0.29) is 27.8 Å². The first-order valence-electron chi connectivity index (χ1n) is 8.93. The summed E-state index contributed by atoms with van der Waals surface area (Å²) in [6.45, 7) is 1.67. The molecule has 1 aliphatic heterocycles. The van der Waals surface area contributed by atoms with Gasteiger partial charge in [-0.1, -0.05) is 41.9 Å². The number of ether oxygens (including phenoxy) is 1. The number of rotatable bonds is 6. The third kappa shape index (κ3) is 4.63. The monoisotopic (exact) mass is 452 g/mol. The summed E-state index contributed by atoms with van der Waals surface area (Å²) < 4.78 is 44.3. The number of esters is 1. The SMILES string of the molecule is CCOC(=O)C1=C(CS(=O)(=O)c2ccc(F)c(Cl)c2)NC(=O)N[C@@H]1c1ccccc1. The second-order valence-electron chi connectivity index (χ2n) is 6.39. The summed E-state index contributed by atoms with van der Waals surface area (Å²) in [5.74, 6) is -2.23. The van der Waals surface area contributed by atoms with E-state index >= 15 is 0 Å². The predicted molar refractivity (Wildman–Crippen MR) is 108 cm³/mol. The van der Waals surface area contributed by atoms with E-state index in [1.54, 1.807) is 37.3 Å². The van der Waals surface area contributed by atoms with Crippen LogP contribution >= 0.6 is 11.6 Å². The summed E-state index contributed by atoms with van der Waals surface area (Å²) in [6, 6.07) is 10.0. The van der Waals surface area contributed by atoms with Crippen LogP contribution in [0.1, 0.15) is 18.5 Å². The number of amides is 2. The summed E-state index contributed by atoms with van der Waals surface area (Å²) in [4.78, 5) is 24.7. The molecule has 0 spiro atoms. The van der Waals surface area contributed by atoms with Gasteiger partial charge in [-0.05, 0) is 30.7 Å². The van der Waals surface area contributed by atoms with Crippen LogP contribution in [0.15, 0.2) is 64.7 Å². The molecule has 0 saturated carbocycles. The molecule has 0 saturated heterocycles. The number of sulfone groups is 1. The van der Waals surface area contributed by atoms with Gasteiger partial charge in [0.1, 0.15) is 5.82 Å². The number of carbonyl (C=O) groups excluding carboxylic acids is 2. The molecule has 2 amide bonds. The highest BCUT2D eigenvalue weighted by Gasteiger charge is 2.35. The van der Waals surface area contributed by atoms with Crippen molar-refractivity contribution in [2.45, 2.75) is 17.9 Å². The van der Waals surface area contributed by atoms with Crippen LogP contribution in [-0.4, -0.2) is 32.8 Å². The Hall–Kier alpha value is -2.91. The van der Waals surface area contributed by atoms with Crippen molar-refractivity contribution < 1.29 is 27.1 Å². The molecular formula is C20H18ClFN2O5S. The Morgan fingerprint density at radius 3 is 2.53 bits per heavy atom. The fourth-order valence-corrected chi connectivity index (χ4v) is 4.61. The number of carbonyl (C=O) groups is 2. The lowest BCUT2D eigenvalue weighted by molar-refractivity contribution is -0.139. The van der Waals surface area contributed by atoms with Crippen LogP contribution in [0.2, 0.25) is 5.02 Å². The van der Waals surface area contributed by atoms with Gasteiger partial charge in [0, 0.05) is 5.70 Å². The molecule has 2 aromatic rings.